The van der Waals surface area contributed by atoms with Crippen molar-refractivity contribution in [2.24, 2.45) is 0 Å². The zero-order valence-corrected chi connectivity index (χ0v) is 14.3. The molecule has 1 aliphatic heterocycles. The number of amides is 1. The monoisotopic (exact) mass is 352 g/mol. The van der Waals surface area contributed by atoms with E-state index in [0.29, 0.717) is 23.5 Å². The summed E-state index contributed by atoms with van der Waals surface area (Å²) in [4.78, 5) is 16.4. The van der Waals surface area contributed by atoms with Gasteiger partial charge in [-0.05, 0) is 37.6 Å². The Bertz CT molecular complexity index is 867. The first-order valence-corrected chi connectivity index (χ1v) is 8.72. The van der Waals surface area contributed by atoms with Gasteiger partial charge in [0.15, 0.2) is 11.5 Å². The van der Waals surface area contributed by atoms with Gasteiger partial charge < -0.3 is 15.2 Å². The fraction of sp³-hybridized carbons (Fsp3) is 0.333. The number of piperidine rings is 1. The van der Waals surface area contributed by atoms with E-state index in [0.717, 1.165) is 31.6 Å². The van der Waals surface area contributed by atoms with Gasteiger partial charge in [0.25, 0.3) is 5.89 Å². The van der Waals surface area contributed by atoms with Crippen molar-refractivity contribution in [3.63, 3.8) is 0 Å². The van der Waals surface area contributed by atoms with Crippen LogP contribution in [-0.4, -0.2) is 38.9 Å². The van der Waals surface area contributed by atoms with E-state index in [1.54, 1.807) is 0 Å². The lowest BCUT2D eigenvalue weighted by Crippen LogP contribution is -2.31. The Balaban J connectivity index is 1.40. The molecule has 0 radical (unpaired) electrons. The molecule has 1 aliphatic rings. The Morgan fingerprint density at radius 3 is 3.00 bits per heavy atom. The maximum absolute atomic E-state index is 12.1. The number of nitrogens with one attached hydrogen (secondary N) is 2. The smallest absolute Gasteiger partial charge is 0.278 e. The van der Waals surface area contributed by atoms with E-state index in [4.69, 9.17) is 4.52 Å². The standard InChI is InChI=1S/C18H20N6O2/c25-17(20-13-5-2-1-3-6-13)11-16-21-18(26-23-16)15-8-10-24(22-15)14-7-4-9-19-12-14/h1-3,5-6,8,10,14,19H,4,7,9,11-12H2,(H,20,25). The second kappa shape index (κ2) is 7.49. The minimum Gasteiger partial charge on any atom is -0.332 e. The third-order valence-electron chi connectivity index (χ3n) is 4.32. The van der Waals surface area contributed by atoms with E-state index >= 15 is 0 Å². The van der Waals surface area contributed by atoms with E-state index in [2.05, 4.69) is 25.9 Å². The Kier molecular flexibility index (Phi) is 4.74. The molecule has 26 heavy (non-hydrogen) atoms. The van der Waals surface area contributed by atoms with Gasteiger partial charge in [-0.15, -0.1) is 0 Å². The topological polar surface area (TPSA) is 97.9 Å². The highest BCUT2D eigenvalue weighted by molar-refractivity contribution is 5.91. The van der Waals surface area contributed by atoms with E-state index < -0.39 is 0 Å². The summed E-state index contributed by atoms with van der Waals surface area (Å²) in [5, 5.41) is 14.6. The zero-order chi connectivity index (χ0) is 17.8. The van der Waals surface area contributed by atoms with Gasteiger partial charge >= 0.3 is 0 Å². The third-order valence-corrected chi connectivity index (χ3v) is 4.32. The maximum Gasteiger partial charge on any atom is 0.278 e. The number of carbonyl (C=O) groups excluding carboxylic acids is 1. The molecule has 1 fully saturated rings. The normalized spacial score (nSPS) is 17.2. The van der Waals surface area contributed by atoms with Crippen LogP contribution in [0.2, 0.25) is 0 Å². The number of benzene rings is 1. The van der Waals surface area contributed by atoms with Crippen molar-refractivity contribution < 1.29 is 9.32 Å². The van der Waals surface area contributed by atoms with Crippen LogP contribution in [0.4, 0.5) is 5.69 Å². The van der Waals surface area contributed by atoms with Crippen LogP contribution in [0.25, 0.3) is 11.6 Å². The van der Waals surface area contributed by atoms with Gasteiger partial charge in [0.2, 0.25) is 5.91 Å². The first-order chi connectivity index (χ1) is 12.8. The second-order valence-corrected chi connectivity index (χ2v) is 6.29. The van der Waals surface area contributed by atoms with Crippen molar-refractivity contribution in [1.82, 2.24) is 25.2 Å². The highest BCUT2D eigenvalue weighted by Gasteiger charge is 2.18. The van der Waals surface area contributed by atoms with Crippen molar-refractivity contribution in [3.8, 4) is 11.6 Å². The summed E-state index contributed by atoms with van der Waals surface area (Å²) in [6, 6.07) is 11.5. The fourth-order valence-corrected chi connectivity index (χ4v) is 3.01. The quantitative estimate of drug-likeness (QED) is 0.729. The zero-order valence-electron chi connectivity index (χ0n) is 14.3. The van der Waals surface area contributed by atoms with Crippen molar-refractivity contribution >= 4 is 11.6 Å². The fourth-order valence-electron chi connectivity index (χ4n) is 3.01. The third kappa shape index (κ3) is 3.80. The van der Waals surface area contributed by atoms with Crippen molar-refractivity contribution in [2.45, 2.75) is 25.3 Å². The summed E-state index contributed by atoms with van der Waals surface area (Å²) in [6.45, 7) is 1.97. The molecule has 4 rings (SSSR count). The Labute approximate surface area is 150 Å². The molecule has 0 saturated carbocycles. The van der Waals surface area contributed by atoms with Gasteiger partial charge in [-0.3, -0.25) is 9.48 Å². The summed E-state index contributed by atoms with van der Waals surface area (Å²) in [5.41, 5.74) is 1.36. The lowest BCUT2D eigenvalue weighted by atomic mass is 10.1. The van der Waals surface area contributed by atoms with Crippen LogP contribution in [0.15, 0.2) is 47.1 Å². The molecule has 3 heterocycles. The molecule has 1 amide bonds. The molecule has 2 N–H and O–H groups in total. The number of nitrogens with zero attached hydrogens (tertiary/aromatic N) is 4. The summed E-state index contributed by atoms with van der Waals surface area (Å²) >= 11 is 0. The van der Waals surface area contributed by atoms with Crippen LogP contribution in [-0.2, 0) is 11.2 Å². The molecule has 1 unspecified atom stereocenters. The number of hydrogen-bond donors (Lipinski definition) is 2. The Morgan fingerprint density at radius 2 is 2.19 bits per heavy atom. The molecular formula is C18H20N6O2. The van der Waals surface area contributed by atoms with Crippen LogP contribution < -0.4 is 10.6 Å². The van der Waals surface area contributed by atoms with Gasteiger partial charge in [0, 0.05) is 18.4 Å². The molecule has 0 aliphatic carbocycles. The second-order valence-electron chi connectivity index (χ2n) is 6.29. The number of para-hydroxylation sites is 1. The minimum atomic E-state index is -0.192. The summed E-state index contributed by atoms with van der Waals surface area (Å²) in [7, 11) is 0. The van der Waals surface area contributed by atoms with Crippen LogP contribution in [0.5, 0.6) is 0 Å². The highest BCUT2D eigenvalue weighted by atomic mass is 16.5. The van der Waals surface area contributed by atoms with Gasteiger partial charge in [-0.25, -0.2) is 0 Å². The SMILES string of the molecule is O=C(Cc1noc(-c2ccn(C3CCCNC3)n2)n1)Nc1ccccc1. The van der Waals surface area contributed by atoms with E-state index in [9.17, 15) is 4.79 Å². The molecule has 0 bridgehead atoms. The molecule has 1 aromatic carbocycles. The van der Waals surface area contributed by atoms with Gasteiger partial charge in [-0.1, -0.05) is 23.4 Å². The maximum atomic E-state index is 12.1. The van der Waals surface area contributed by atoms with E-state index in [1.165, 1.54) is 0 Å². The number of carbonyl (C=O) groups is 1. The first kappa shape index (κ1) is 16.5. The first-order valence-electron chi connectivity index (χ1n) is 8.72. The molecule has 8 heteroatoms. The summed E-state index contributed by atoms with van der Waals surface area (Å²) in [6.07, 6.45) is 4.22. The molecule has 0 spiro atoms. The number of hydrogen-bond acceptors (Lipinski definition) is 6. The highest BCUT2D eigenvalue weighted by Crippen LogP contribution is 2.20. The van der Waals surface area contributed by atoms with Crippen LogP contribution >= 0.6 is 0 Å². The molecule has 134 valence electrons. The lowest BCUT2D eigenvalue weighted by molar-refractivity contribution is -0.115. The van der Waals surface area contributed by atoms with Gasteiger partial charge in [0.1, 0.15) is 0 Å². The average Bonchev–Trinajstić information content (AvgIpc) is 3.32. The molecule has 1 atom stereocenters. The van der Waals surface area contributed by atoms with Crippen LogP contribution in [0, 0.1) is 0 Å². The predicted octanol–water partition coefficient (Wildman–Crippen LogP) is 2.04. The van der Waals surface area contributed by atoms with Crippen molar-refractivity contribution in [3.05, 3.63) is 48.4 Å². The minimum absolute atomic E-state index is 0.0473. The van der Waals surface area contributed by atoms with E-state index in [-0.39, 0.29) is 12.3 Å². The molecule has 8 nitrogen and oxygen atoms in total. The molecule has 1 saturated heterocycles. The largest absolute Gasteiger partial charge is 0.332 e. The lowest BCUT2D eigenvalue weighted by Gasteiger charge is -2.22. The molecule has 2 aromatic heterocycles. The Hall–Kier alpha value is -3.00. The van der Waals surface area contributed by atoms with Crippen LogP contribution in [0.3, 0.4) is 0 Å². The predicted molar refractivity (Wildman–Crippen MR) is 95.4 cm³/mol. The number of anilines is 1. The number of rotatable bonds is 5. The summed E-state index contributed by atoms with van der Waals surface area (Å²) in [5.74, 6) is 0.472. The molecule has 3 aromatic rings. The van der Waals surface area contributed by atoms with Crippen molar-refractivity contribution in [1.29, 1.82) is 0 Å². The molecular weight excluding hydrogens is 332 g/mol. The average molecular weight is 352 g/mol. The summed E-state index contributed by atoms with van der Waals surface area (Å²) < 4.78 is 7.21. The Morgan fingerprint density at radius 1 is 1.31 bits per heavy atom. The van der Waals surface area contributed by atoms with E-state index in [1.807, 2.05) is 47.3 Å². The van der Waals surface area contributed by atoms with Crippen molar-refractivity contribution in [2.75, 3.05) is 18.4 Å². The van der Waals surface area contributed by atoms with Gasteiger partial charge in [-0.2, -0.15) is 10.1 Å². The number of aromatic nitrogens is 4. The van der Waals surface area contributed by atoms with Crippen LogP contribution in [0.1, 0.15) is 24.7 Å². The van der Waals surface area contributed by atoms with Gasteiger partial charge in [0.05, 0.1) is 12.5 Å².